The van der Waals surface area contributed by atoms with Gasteiger partial charge in [0.15, 0.2) is 0 Å². The number of carbonyl (C=O) groups excluding carboxylic acids is 1. The van der Waals surface area contributed by atoms with Crippen LogP contribution < -0.4 is 10.6 Å². The molecule has 0 aliphatic carbocycles. The van der Waals surface area contributed by atoms with Crippen molar-refractivity contribution in [3.8, 4) is 0 Å². The highest BCUT2D eigenvalue weighted by Crippen LogP contribution is 2.28. The summed E-state index contributed by atoms with van der Waals surface area (Å²) in [7, 11) is 1.90. The van der Waals surface area contributed by atoms with Crippen LogP contribution in [0.3, 0.4) is 0 Å². The van der Waals surface area contributed by atoms with Crippen LogP contribution in [-0.4, -0.2) is 28.8 Å². The maximum absolute atomic E-state index is 12.7. The van der Waals surface area contributed by atoms with Gasteiger partial charge in [0.2, 0.25) is 5.91 Å². The zero-order chi connectivity index (χ0) is 18.0. The Bertz CT molecular complexity index is 733. The first-order valence-corrected chi connectivity index (χ1v) is 8.91. The van der Waals surface area contributed by atoms with Gasteiger partial charge < -0.3 is 10.6 Å². The largest absolute Gasteiger partial charge is 0.352 e. The molecule has 2 heterocycles. The number of nitrogens with zero attached hydrogens (tertiary/aromatic N) is 2. The third-order valence-corrected chi connectivity index (χ3v) is 4.99. The molecule has 5 nitrogen and oxygen atoms in total. The van der Waals surface area contributed by atoms with E-state index in [1.807, 2.05) is 19.4 Å². The summed E-state index contributed by atoms with van der Waals surface area (Å²) in [6.07, 6.45) is 3.87. The van der Waals surface area contributed by atoms with Crippen molar-refractivity contribution < 1.29 is 4.79 Å². The second-order valence-electron chi connectivity index (χ2n) is 7.98. The van der Waals surface area contributed by atoms with Gasteiger partial charge in [-0.2, -0.15) is 5.10 Å². The lowest BCUT2D eigenvalue weighted by molar-refractivity contribution is -0.125. The van der Waals surface area contributed by atoms with E-state index in [1.165, 1.54) is 5.56 Å². The van der Waals surface area contributed by atoms with Crippen molar-refractivity contribution in [2.75, 3.05) is 13.1 Å². The second-order valence-corrected chi connectivity index (χ2v) is 7.98. The van der Waals surface area contributed by atoms with Crippen LogP contribution in [0.2, 0.25) is 0 Å². The van der Waals surface area contributed by atoms with Crippen LogP contribution in [0, 0.1) is 5.92 Å². The summed E-state index contributed by atoms with van der Waals surface area (Å²) < 4.78 is 1.79. The molecule has 1 aromatic heterocycles. The highest BCUT2D eigenvalue weighted by atomic mass is 35.5. The number of rotatable bonds is 4. The van der Waals surface area contributed by atoms with Crippen molar-refractivity contribution in [1.29, 1.82) is 0 Å². The first-order chi connectivity index (χ1) is 11.8. The molecule has 2 N–H and O–H groups in total. The minimum absolute atomic E-state index is 0. The van der Waals surface area contributed by atoms with Crippen LogP contribution in [0.1, 0.15) is 43.4 Å². The first kappa shape index (κ1) is 20.5. The lowest BCUT2D eigenvalue weighted by Crippen LogP contribution is -2.34. The predicted molar refractivity (Wildman–Crippen MR) is 107 cm³/mol. The van der Waals surface area contributed by atoms with E-state index in [9.17, 15) is 4.79 Å². The fourth-order valence-electron chi connectivity index (χ4n) is 3.38. The molecule has 1 saturated heterocycles. The van der Waals surface area contributed by atoms with Gasteiger partial charge in [-0.1, -0.05) is 45.0 Å². The van der Waals surface area contributed by atoms with E-state index in [2.05, 4.69) is 60.8 Å². The lowest BCUT2D eigenvalue weighted by atomic mass is 9.86. The molecular formula is C20H29ClN4O. The minimum Gasteiger partial charge on any atom is -0.352 e. The summed E-state index contributed by atoms with van der Waals surface area (Å²) in [5.41, 5.74) is 3.71. The Morgan fingerprint density at radius 2 is 1.96 bits per heavy atom. The third-order valence-electron chi connectivity index (χ3n) is 4.99. The molecule has 0 bridgehead atoms. The molecule has 1 amide bonds. The van der Waals surface area contributed by atoms with Crippen molar-refractivity contribution >= 4 is 18.3 Å². The van der Waals surface area contributed by atoms with Crippen molar-refractivity contribution in [3.63, 3.8) is 0 Å². The monoisotopic (exact) mass is 376 g/mol. The maximum atomic E-state index is 12.7. The van der Waals surface area contributed by atoms with E-state index in [-0.39, 0.29) is 35.6 Å². The summed E-state index contributed by atoms with van der Waals surface area (Å²) in [5.74, 6) is 0.258. The summed E-state index contributed by atoms with van der Waals surface area (Å²) in [6, 6.07) is 8.51. The molecule has 2 atom stereocenters. The lowest BCUT2D eigenvalue weighted by Gasteiger charge is -2.20. The molecule has 3 rings (SSSR count). The third kappa shape index (κ3) is 4.65. The Balaban J connectivity index is 0.00000243. The Labute approximate surface area is 162 Å². The van der Waals surface area contributed by atoms with Crippen LogP contribution in [0.4, 0.5) is 0 Å². The van der Waals surface area contributed by atoms with Crippen LogP contribution in [0.5, 0.6) is 0 Å². The fraction of sp³-hybridized carbons (Fsp3) is 0.500. The van der Waals surface area contributed by atoms with Crippen LogP contribution in [-0.2, 0) is 23.8 Å². The average molecular weight is 377 g/mol. The van der Waals surface area contributed by atoms with Gasteiger partial charge in [0.1, 0.15) is 0 Å². The fourth-order valence-corrected chi connectivity index (χ4v) is 3.38. The molecule has 1 fully saturated rings. The molecule has 0 radical (unpaired) electrons. The Morgan fingerprint density at radius 1 is 1.27 bits per heavy atom. The van der Waals surface area contributed by atoms with Gasteiger partial charge in [0, 0.05) is 38.8 Å². The molecule has 0 unspecified atom stereocenters. The zero-order valence-corrected chi connectivity index (χ0v) is 16.8. The smallest absolute Gasteiger partial charge is 0.225 e. The number of hydrogen-bond donors (Lipinski definition) is 2. The molecule has 0 spiro atoms. The number of benzene rings is 1. The maximum Gasteiger partial charge on any atom is 0.225 e. The zero-order valence-electron chi connectivity index (χ0n) is 16.0. The number of aryl methyl sites for hydroxylation is 1. The average Bonchev–Trinajstić information content (AvgIpc) is 3.20. The summed E-state index contributed by atoms with van der Waals surface area (Å²) >= 11 is 0. The molecule has 6 heteroatoms. The number of halogens is 1. The van der Waals surface area contributed by atoms with Gasteiger partial charge in [-0.3, -0.25) is 9.48 Å². The minimum atomic E-state index is -0.0435. The molecule has 0 saturated carbocycles. The van der Waals surface area contributed by atoms with Crippen molar-refractivity contribution in [3.05, 3.63) is 53.3 Å². The Morgan fingerprint density at radius 3 is 2.54 bits per heavy atom. The molecule has 1 aliphatic rings. The Hall–Kier alpha value is -1.85. The van der Waals surface area contributed by atoms with Gasteiger partial charge in [0.25, 0.3) is 0 Å². The molecular weight excluding hydrogens is 348 g/mol. The predicted octanol–water partition coefficient (Wildman–Crippen LogP) is 2.76. The van der Waals surface area contributed by atoms with E-state index in [0.29, 0.717) is 13.1 Å². The van der Waals surface area contributed by atoms with Gasteiger partial charge >= 0.3 is 0 Å². The summed E-state index contributed by atoms with van der Waals surface area (Å²) in [5, 5.41) is 10.7. The molecule has 26 heavy (non-hydrogen) atoms. The highest BCUT2D eigenvalue weighted by molar-refractivity contribution is 5.85. The molecule has 142 valence electrons. The molecule has 2 aromatic rings. The van der Waals surface area contributed by atoms with Gasteiger partial charge in [-0.15, -0.1) is 12.4 Å². The van der Waals surface area contributed by atoms with Crippen molar-refractivity contribution in [1.82, 2.24) is 20.4 Å². The highest BCUT2D eigenvalue weighted by Gasteiger charge is 2.34. The van der Waals surface area contributed by atoms with E-state index >= 15 is 0 Å². The van der Waals surface area contributed by atoms with Crippen LogP contribution >= 0.6 is 12.4 Å². The van der Waals surface area contributed by atoms with Crippen molar-refractivity contribution in [2.24, 2.45) is 13.0 Å². The quantitative estimate of drug-likeness (QED) is 0.862. The van der Waals surface area contributed by atoms with E-state index in [0.717, 1.165) is 17.7 Å². The van der Waals surface area contributed by atoms with Gasteiger partial charge in [-0.25, -0.2) is 0 Å². The standard InChI is InChI=1S/C20H28N4O.ClH/c1-20(2,3)16-7-5-14(6-8-16)9-22-19(25)18-12-21-11-17(18)15-10-23-24(4)13-15;/h5-8,10,13,17-18,21H,9,11-12H2,1-4H3,(H,22,25);1H/t17-,18+;/m1./s1. The van der Waals surface area contributed by atoms with Crippen molar-refractivity contribution in [2.45, 2.75) is 38.6 Å². The van der Waals surface area contributed by atoms with Crippen LogP contribution in [0.15, 0.2) is 36.7 Å². The van der Waals surface area contributed by atoms with Crippen LogP contribution in [0.25, 0.3) is 0 Å². The van der Waals surface area contributed by atoms with Gasteiger partial charge in [-0.05, 0) is 22.1 Å². The Kier molecular flexibility index (Phi) is 6.48. The number of nitrogens with one attached hydrogen (secondary N) is 2. The molecule has 1 aliphatic heterocycles. The number of hydrogen-bond acceptors (Lipinski definition) is 3. The normalized spacial score (nSPS) is 19.8. The summed E-state index contributed by atoms with van der Waals surface area (Å²) in [4.78, 5) is 12.7. The number of amides is 1. The van der Waals surface area contributed by atoms with E-state index in [4.69, 9.17) is 0 Å². The van der Waals surface area contributed by atoms with E-state index in [1.54, 1.807) is 4.68 Å². The topological polar surface area (TPSA) is 59.0 Å². The number of aromatic nitrogens is 2. The second kappa shape index (κ2) is 8.23. The first-order valence-electron chi connectivity index (χ1n) is 8.91. The van der Waals surface area contributed by atoms with Gasteiger partial charge in [0.05, 0.1) is 12.1 Å². The summed E-state index contributed by atoms with van der Waals surface area (Å²) in [6.45, 7) is 8.72. The number of carbonyl (C=O) groups is 1. The van der Waals surface area contributed by atoms with E-state index < -0.39 is 0 Å². The SMILES string of the molecule is Cl.Cn1cc([C@H]2CNC[C@@H]2C(=O)NCc2ccc(C(C)(C)C)cc2)cn1. The molecule has 1 aromatic carbocycles.